The number of esters is 1. The van der Waals surface area contributed by atoms with Gasteiger partial charge in [-0.1, -0.05) is 18.2 Å². The van der Waals surface area contributed by atoms with Gasteiger partial charge in [0.25, 0.3) is 10.0 Å². The first-order chi connectivity index (χ1) is 12.4. The van der Waals surface area contributed by atoms with E-state index in [0.717, 1.165) is 9.87 Å². The Hall–Kier alpha value is -2.74. The molecular formula is C18H19NO6S. The molecule has 1 aliphatic heterocycles. The standard InChI is InChI=1S/C18H19NO6S/c1-12-8-9-15(23-2)17(10-12)26(21,22)19-11-16(18(20)24-3)25-14-7-5-4-6-13(14)19/h4-10,16H,11H2,1-3H3/t16-/m1/s1. The van der Waals surface area contributed by atoms with Gasteiger partial charge in [0.2, 0.25) is 6.10 Å². The molecule has 2 aromatic carbocycles. The fourth-order valence-electron chi connectivity index (χ4n) is 2.79. The van der Waals surface area contributed by atoms with E-state index in [1.54, 1.807) is 49.4 Å². The Kier molecular flexibility index (Phi) is 4.78. The van der Waals surface area contributed by atoms with Crippen LogP contribution in [0.25, 0.3) is 0 Å². The largest absolute Gasteiger partial charge is 0.495 e. The number of ether oxygens (including phenoxy) is 3. The number of sulfonamides is 1. The molecule has 0 amide bonds. The van der Waals surface area contributed by atoms with E-state index < -0.39 is 22.1 Å². The fourth-order valence-corrected chi connectivity index (χ4v) is 4.51. The summed E-state index contributed by atoms with van der Waals surface area (Å²) in [6.07, 6.45) is -1.06. The molecule has 0 bridgehead atoms. The van der Waals surface area contributed by atoms with E-state index >= 15 is 0 Å². The fraction of sp³-hybridized carbons (Fsp3) is 0.278. The van der Waals surface area contributed by atoms with Crippen molar-refractivity contribution in [3.05, 3.63) is 48.0 Å². The van der Waals surface area contributed by atoms with Gasteiger partial charge < -0.3 is 14.2 Å². The molecule has 0 aliphatic carbocycles. The molecule has 0 saturated carbocycles. The van der Waals surface area contributed by atoms with Crippen molar-refractivity contribution in [2.75, 3.05) is 25.1 Å². The monoisotopic (exact) mass is 377 g/mol. The molecule has 138 valence electrons. The number of carbonyl (C=O) groups is 1. The van der Waals surface area contributed by atoms with E-state index in [1.807, 2.05) is 0 Å². The minimum atomic E-state index is -3.99. The number of hydrogen-bond donors (Lipinski definition) is 0. The Labute approximate surface area is 152 Å². The molecule has 3 rings (SSSR count). The molecule has 0 unspecified atom stereocenters. The molecule has 1 atom stereocenters. The predicted molar refractivity (Wildman–Crippen MR) is 95.1 cm³/mol. The normalized spacial score (nSPS) is 16.4. The molecule has 2 aromatic rings. The third-order valence-corrected chi connectivity index (χ3v) is 5.89. The van der Waals surface area contributed by atoms with Crippen LogP contribution >= 0.6 is 0 Å². The zero-order chi connectivity index (χ0) is 18.9. The maximum Gasteiger partial charge on any atom is 0.348 e. The first-order valence-corrected chi connectivity index (χ1v) is 9.33. The minimum absolute atomic E-state index is 0.0281. The molecule has 0 radical (unpaired) electrons. The van der Waals surface area contributed by atoms with Crippen molar-refractivity contribution in [3.63, 3.8) is 0 Å². The molecule has 1 aliphatic rings. The summed E-state index contributed by atoms with van der Waals surface area (Å²) in [6.45, 7) is 1.60. The Morgan fingerprint density at radius 2 is 1.92 bits per heavy atom. The Morgan fingerprint density at radius 1 is 1.19 bits per heavy atom. The highest BCUT2D eigenvalue weighted by atomic mass is 32.2. The summed E-state index contributed by atoms with van der Waals surface area (Å²) in [7, 11) is -1.35. The van der Waals surface area contributed by atoms with E-state index in [1.165, 1.54) is 14.2 Å². The number of aryl methyl sites for hydroxylation is 1. The second-order valence-corrected chi connectivity index (χ2v) is 7.62. The van der Waals surface area contributed by atoms with Crippen LogP contribution in [0.5, 0.6) is 11.5 Å². The Balaban J connectivity index is 2.14. The highest BCUT2D eigenvalue weighted by Gasteiger charge is 2.39. The average molecular weight is 377 g/mol. The van der Waals surface area contributed by atoms with Gasteiger partial charge in [-0.05, 0) is 36.8 Å². The van der Waals surface area contributed by atoms with Crippen LogP contribution in [0.2, 0.25) is 0 Å². The predicted octanol–water partition coefficient (Wildman–Crippen LogP) is 2.13. The molecule has 26 heavy (non-hydrogen) atoms. The van der Waals surface area contributed by atoms with Crippen LogP contribution in [0.15, 0.2) is 47.4 Å². The van der Waals surface area contributed by atoms with Crippen molar-refractivity contribution >= 4 is 21.7 Å². The summed E-state index contributed by atoms with van der Waals surface area (Å²) in [5.41, 5.74) is 1.13. The molecule has 0 saturated heterocycles. The SMILES string of the molecule is COC(=O)[C@H]1CN(S(=O)(=O)c2cc(C)ccc2OC)c2ccccc2O1. The van der Waals surface area contributed by atoms with Crippen molar-refractivity contribution < 1.29 is 27.4 Å². The summed E-state index contributed by atoms with van der Waals surface area (Å²) < 4.78 is 43.5. The summed E-state index contributed by atoms with van der Waals surface area (Å²) in [5.74, 6) is -0.116. The lowest BCUT2D eigenvalue weighted by Gasteiger charge is -2.34. The molecule has 0 fully saturated rings. The van der Waals surface area contributed by atoms with Gasteiger partial charge in [0.05, 0.1) is 26.5 Å². The number of methoxy groups -OCH3 is 2. The average Bonchev–Trinajstić information content (AvgIpc) is 2.66. The zero-order valence-electron chi connectivity index (χ0n) is 14.6. The third kappa shape index (κ3) is 3.08. The Morgan fingerprint density at radius 3 is 2.62 bits per heavy atom. The summed E-state index contributed by atoms with van der Waals surface area (Å²) >= 11 is 0. The minimum Gasteiger partial charge on any atom is -0.495 e. The molecule has 0 N–H and O–H groups in total. The first kappa shape index (κ1) is 18.1. The van der Waals surface area contributed by atoms with Crippen LogP contribution in [-0.2, 0) is 19.6 Å². The molecular weight excluding hydrogens is 358 g/mol. The van der Waals surface area contributed by atoms with E-state index in [-0.39, 0.29) is 17.2 Å². The molecule has 0 spiro atoms. The quantitative estimate of drug-likeness (QED) is 0.759. The van der Waals surface area contributed by atoms with E-state index in [0.29, 0.717) is 11.4 Å². The number of rotatable bonds is 4. The second kappa shape index (κ2) is 6.87. The maximum atomic E-state index is 13.4. The van der Waals surface area contributed by atoms with Crippen LogP contribution in [0.4, 0.5) is 5.69 Å². The highest BCUT2D eigenvalue weighted by Crippen LogP contribution is 2.38. The Bertz CT molecular complexity index is 940. The molecule has 0 aromatic heterocycles. The van der Waals surface area contributed by atoms with Gasteiger partial charge in [-0.15, -0.1) is 0 Å². The maximum absolute atomic E-state index is 13.4. The topological polar surface area (TPSA) is 82.1 Å². The summed E-state index contributed by atoms with van der Waals surface area (Å²) in [6, 6.07) is 11.6. The molecule has 8 heteroatoms. The third-order valence-electron chi connectivity index (χ3n) is 4.09. The second-order valence-electron chi connectivity index (χ2n) is 5.79. The van der Waals surface area contributed by atoms with Crippen molar-refractivity contribution in [3.8, 4) is 11.5 Å². The first-order valence-electron chi connectivity index (χ1n) is 7.89. The lowest BCUT2D eigenvalue weighted by atomic mass is 10.2. The number of fused-ring (bicyclic) bond motifs is 1. The van der Waals surface area contributed by atoms with Crippen LogP contribution in [0.1, 0.15) is 5.56 Å². The lowest BCUT2D eigenvalue weighted by Crippen LogP contribution is -2.47. The molecule has 1 heterocycles. The summed E-state index contributed by atoms with van der Waals surface area (Å²) in [5, 5.41) is 0. The van der Waals surface area contributed by atoms with Crippen molar-refractivity contribution in [2.24, 2.45) is 0 Å². The van der Waals surface area contributed by atoms with Gasteiger partial charge in [0.15, 0.2) is 0 Å². The smallest absolute Gasteiger partial charge is 0.348 e. The van der Waals surface area contributed by atoms with Crippen molar-refractivity contribution in [1.29, 1.82) is 0 Å². The number of nitrogens with zero attached hydrogens (tertiary/aromatic N) is 1. The number of benzene rings is 2. The van der Waals surface area contributed by atoms with Crippen LogP contribution in [0.3, 0.4) is 0 Å². The zero-order valence-corrected chi connectivity index (χ0v) is 15.4. The highest BCUT2D eigenvalue weighted by molar-refractivity contribution is 7.93. The number of carbonyl (C=O) groups excluding carboxylic acids is 1. The van der Waals surface area contributed by atoms with E-state index in [9.17, 15) is 13.2 Å². The van der Waals surface area contributed by atoms with Gasteiger partial charge in [-0.25, -0.2) is 13.2 Å². The van der Waals surface area contributed by atoms with Crippen LogP contribution < -0.4 is 13.8 Å². The van der Waals surface area contributed by atoms with Gasteiger partial charge in [0, 0.05) is 0 Å². The number of hydrogen-bond acceptors (Lipinski definition) is 6. The van der Waals surface area contributed by atoms with Crippen LogP contribution in [0, 0.1) is 6.92 Å². The molecule has 7 nitrogen and oxygen atoms in total. The van der Waals surface area contributed by atoms with Gasteiger partial charge in [0.1, 0.15) is 16.4 Å². The summed E-state index contributed by atoms with van der Waals surface area (Å²) in [4.78, 5) is 12.0. The van der Waals surface area contributed by atoms with Crippen LogP contribution in [-0.4, -0.2) is 41.3 Å². The number of para-hydroxylation sites is 2. The van der Waals surface area contributed by atoms with E-state index in [2.05, 4.69) is 0 Å². The lowest BCUT2D eigenvalue weighted by molar-refractivity contribution is -0.148. The van der Waals surface area contributed by atoms with Crippen molar-refractivity contribution in [2.45, 2.75) is 17.9 Å². The number of anilines is 1. The van der Waals surface area contributed by atoms with E-state index in [4.69, 9.17) is 14.2 Å². The van der Waals surface area contributed by atoms with Gasteiger partial charge in [-0.2, -0.15) is 0 Å². The van der Waals surface area contributed by atoms with Gasteiger partial charge >= 0.3 is 5.97 Å². The van der Waals surface area contributed by atoms with Gasteiger partial charge in [-0.3, -0.25) is 4.31 Å². The van der Waals surface area contributed by atoms with Crippen molar-refractivity contribution in [1.82, 2.24) is 0 Å².